The van der Waals surface area contributed by atoms with E-state index in [9.17, 15) is 10.5 Å². The summed E-state index contributed by atoms with van der Waals surface area (Å²) in [5.74, 6) is 0. The van der Waals surface area contributed by atoms with Crippen LogP contribution in [0.3, 0.4) is 0 Å². The SMILES string of the molecule is CN(O)c1ccc(CC2(C#N)CCNCC2)cc1. The molecular formula is C14H19N3O. The van der Waals surface area contributed by atoms with Crippen LogP contribution in [0.4, 0.5) is 5.69 Å². The van der Waals surface area contributed by atoms with Gasteiger partial charge in [0.15, 0.2) is 0 Å². The van der Waals surface area contributed by atoms with Gasteiger partial charge in [-0.15, -0.1) is 0 Å². The summed E-state index contributed by atoms with van der Waals surface area (Å²) in [6.45, 7) is 1.84. The highest BCUT2D eigenvalue weighted by Gasteiger charge is 2.32. The van der Waals surface area contributed by atoms with Crippen molar-refractivity contribution in [2.75, 3.05) is 25.2 Å². The normalized spacial score (nSPS) is 18.1. The molecule has 1 heterocycles. The number of hydrogen-bond acceptors (Lipinski definition) is 4. The lowest BCUT2D eigenvalue weighted by Crippen LogP contribution is -2.37. The summed E-state index contributed by atoms with van der Waals surface area (Å²) in [6, 6.07) is 10.2. The fraction of sp³-hybridized carbons (Fsp3) is 0.500. The van der Waals surface area contributed by atoms with Crippen LogP contribution >= 0.6 is 0 Å². The minimum absolute atomic E-state index is 0.224. The molecule has 96 valence electrons. The molecular weight excluding hydrogens is 226 g/mol. The van der Waals surface area contributed by atoms with Crippen LogP contribution in [0.1, 0.15) is 18.4 Å². The molecule has 1 aromatic rings. The minimum Gasteiger partial charge on any atom is -0.317 e. The average molecular weight is 245 g/mol. The molecule has 2 N–H and O–H groups in total. The fourth-order valence-corrected chi connectivity index (χ4v) is 2.45. The van der Waals surface area contributed by atoms with Gasteiger partial charge in [-0.2, -0.15) is 5.26 Å². The second-order valence-corrected chi connectivity index (χ2v) is 5.01. The van der Waals surface area contributed by atoms with Crippen LogP contribution in [0, 0.1) is 16.7 Å². The summed E-state index contributed by atoms with van der Waals surface area (Å²) < 4.78 is 0. The van der Waals surface area contributed by atoms with Gasteiger partial charge in [0.25, 0.3) is 0 Å². The number of anilines is 1. The summed E-state index contributed by atoms with van der Waals surface area (Å²) in [5.41, 5.74) is 1.69. The average Bonchev–Trinajstić information content (AvgIpc) is 2.40. The maximum atomic E-state index is 9.42. The van der Waals surface area contributed by atoms with E-state index in [-0.39, 0.29) is 5.41 Å². The molecule has 4 nitrogen and oxygen atoms in total. The molecule has 0 aromatic heterocycles. The van der Waals surface area contributed by atoms with Crippen molar-refractivity contribution in [2.24, 2.45) is 5.41 Å². The molecule has 0 spiro atoms. The highest BCUT2D eigenvalue weighted by Crippen LogP contribution is 2.32. The molecule has 0 bridgehead atoms. The molecule has 0 atom stereocenters. The van der Waals surface area contributed by atoms with Crippen LogP contribution in [0.15, 0.2) is 24.3 Å². The van der Waals surface area contributed by atoms with Crippen molar-refractivity contribution in [1.29, 1.82) is 5.26 Å². The van der Waals surface area contributed by atoms with Crippen molar-refractivity contribution in [3.63, 3.8) is 0 Å². The molecule has 18 heavy (non-hydrogen) atoms. The lowest BCUT2D eigenvalue weighted by Gasteiger charge is -2.31. The maximum absolute atomic E-state index is 9.42. The van der Waals surface area contributed by atoms with E-state index in [0.29, 0.717) is 0 Å². The van der Waals surface area contributed by atoms with Crippen molar-refractivity contribution >= 4 is 5.69 Å². The van der Waals surface area contributed by atoms with Gasteiger partial charge in [0.05, 0.1) is 17.2 Å². The molecule has 4 heteroatoms. The summed E-state index contributed by atoms with van der Waals surface area (Å²) >= 11 is 0. The summed E-state index contributed by atoms with van der Waals surface area (Å²) in [7, 11) is 1.60. The standard InChI is InChI=1S/C14H19N3O/c1-17(18)13-4-2-12(3-5-13)10-14(11-15)6-8-16-9-7-14/h2-5,16,18H,6-10H2,1H3. The zero-order valence-corrected chi connectivity index (χ0v) is 10.7. The summed E-state index contributed by atoms with van der Waals surface area (Å²) in [6.07, 6.45) is 2.61. The minimum atomic E-state index is -0.224. The molecule has 0 amide bonds. The summed E-state index contributed by atoms with van der Waals surface area (Å²) in [4.78, 5) is 0. The predicted octanol–water partition coefficient (Wildman–Crippen LogP) is 1.95. The Morgan fingerprint density at radius 1 is 1.33 bits per heavy atom. The Morgan fingerprint density at radius 2 is 1.94 bits per heavy atom. The molecule has 1 aromatic carbocycles. The molecule has 2 rings (SSSR count). The van der Waals surface area contributed by atoms with Gasteiger partial charge in [0.1, 0.15) is 0 Å². The van der Waals surface area contributed by atoms with Crippen LogP contribution in [-0.2, 0) is 6.42 Å². The van der Waals surface area contributed by atoms with E-state index in [2.05, 4.69) is 11.4 Å². The third kappa shape index (κ3) is 2.81. The first kappa shape index (κ1) is 12.9. The predicted molar refractivity (Wildman–Crippen MR) is 70.5 cm³/mol. The smallest absolute Gasteiger partial charge is 0.0694 e. The number of rotatable bonds is 3. The van der Waals surface area contributed by atoms with E-state index in [4.69, 9.17) is 0 Å². The zero-order valence-electron chi connectivity index (χ0n) is 10.7. The Kier molecular flexibility index (Phi) is 3.85. The third-order valence-electron chi connectivity index (χ3n) is 3.65. The molecule has 1 fully saturated rings. The monoisotopic (exact) mass is 245 g/mol. The first-order valence-corrected chi connectivity index (χ1v) is 6.29. The first-order valence-electron chi connectivity index (χ1n) is 6.29. The molecule has 0 aliphatic carbocycles. The second kappa shape index (κ2) is 5.38. The molecule has 0 unspecified atom stereocenters. The molecule has 0 saturated carbocycles. The van der Waals surface area contributed by atoms with Crippen LogP contribution in [0.25, 0.3) is 0 Å². The van der Waals surface area contributed by atoms with E-state index < -0.39 is 0 Å². The van der Waals surface area contributed by atoms with Crippen LogP contribution < -0.4 is 10.4 Å². The van der Waals surface area contributed by atoms with Gasteiger partial charge in [-0.05, 0) is 50.0 Å². The second-order valence-electron chi connectivity index (χ2n) is 5.01. The number of hydrogen-bond donors (Lipinski definition) is 2. The highest BCUT2D eigenvalue weighted by molar-refractivity contribution is 5.44. The van der Waals surface area contributed by atoms with Gasteiger partial charge < -0.3 is 5.32 Å². The highest BCUT2D eigenvalue weighted by atomic mass is 16.5. The Hall–Kier alpha value is -1.57. The molecule has 1 saturated heterocycles. The lowest BCUT2D eigenvalue weighted by atomic mass is 9.75. The molecule has 0 radical (unpaired) electrons. The van der Waals surface area contributed by atoms with Gasteiger partial charge in [-0.1, -0.05) is 12.1 Å². The van der Waals surface area contributed by atoms with Gasteiger partial charge in [-0.25, -0.2) is 0 Å². The topological polar surface area (TPSA) is 59.3 Å². The van der Waals surface area contributed by atoms with Crippen molar-refractivity contribution in [3.05, 3.63) is 29.8 Å². The van der Waals surface area contributed by atoms with Gasteiger partial charge in [0, 0.05) is 7.05 Å². The number of hydroxylamine groups is 1. The van der Waals surface area contributed by atoms with E-state index in [0.717, 1.165) is 48.7 Å². The van der Waals surface area contributed by atoms with E-state index in [1.807, 2.05) is 24.3 Å². The quantitative estimate of drug-likeness (QED) is 0.799. The van der Waals surface area contributed by atoms with Crippen molar-refractivity contribution in [2.45, 2.75) is 19.3 Å². The van der Waals surface area contributed by atoms with Crippen molar-refractivity contribution in [1.82, 2.24) is 5.32 Å². The zero-order chi connectivity index (χ0) is 13.0. The van der Waals surface area contributed by atoms with E-state index >= 15 is 0 Å². The van der Waals surface area contributed by atoms with Crippen molar-refractivity contribution in [3.8, 4) is 6.07 Å². The fourth-order valence-electron chi connectivity index (χ4n) is 2.45. The third-order valence-corrected chi connectivity index (χ3v) is 3.65. The van der Waals surface area contributed by atoms with Gasteiger partial charge in [0.2, 0.25) is 0 Å². The van der Waals surface area contributed by atoms with E-state index in [1.165, 1.54) is 0 Å². The molecule has 1 aliphatic rings. The van der Waals surface area contributed by atoms with Crippen LogP contribution in [0.5, 0.6) is 0 Å². The van der Waals surface area contributed by atoms with Crippen LogP contribution in [-0.4, -0.2) is 25.3 Å². The van der Waals surface area contributed by atoms with E-state index in [1.54, 1.807) is 7.05 Å². The summed E-state index contributed by atoms with van der Waals surface area (Å²) in [5, 5.41) is 23.1. The number of nitriles is 1. The Labute approximate surface area is 108 Å². The maximum Gasteiger partial charge on any atom is 0.0694 e. The van der Waals surface area contributed by atoms with Gasteiger partial charge >= 0.3 is 0 Å². The largest absolute Gasteiger partial charge is 0.317 e. The Morgan fingerprint density at radius 3 is 2.44 bits per heavy atom. The Balaban J connectivity index is 2.10. The number of piperidine rings is 1. The van der Waals surface area contributed by atoms with Gasteiger partial charge in [-0.3, -0.25) is 10.3 Å². The van der Waals surface area contributed by atoms with Crippen molar-refractivity contribution < 1.29 is 5.21 Å². The Bertz CT molecular complexity index is 427. The van der Waals surface area contributed by atoms with Crippen LogP contribution in [0.2, 0.25) is 0 Å². The number of benzene rings is 1. The number of nitrogens with zero attached hydrogens (tertiary/aromatic N) is 2. The number of nitrogens with one attached hydrogen (secondary N) is 1. The molecule has 1 aliphatic heterocycles. The first-order chi connectivity index (χ1) is 8.65. The lowest BCUT2D eigenvalue weighted by molar-refractivity contribution is 0.278.